The molecule has 18 heavy (non-hydrogen) atoms. The summed E-state index contributed by atoms with van der Waals surface area (Å²) < 4.78 is 10.3. The van der Waals surface area contributed by atoms with Crippen molar-refractivity contribution >= 4 is 5.69 Å². The Balaban J connectivity index is 2.08. The van der Waals surface area contributed by atoms with Crippen LogP contribution in [-0.2, 0) is 15.9 Å². The molecule has 0 aliphatic carbocycles. The van der Waals surface area contributed by atoms with E-state index in [-0.39, 0.29) is 0 Å². The molecule has 0 aliphatic heterocycles. The van der Waals surface area contributed by atoms with E-state index in [2.05, 4.69) is 36.5 Å². The Morgan fingerprint density at radius 1 is 1.06 bits per heavy atom. The molecule has 3 heteroatoms. The molecule has 0 saturated heterocycles. The van der Waals surface area contributed by atoms with Gasteiger partial charge in [-0.3, -0.25) is 0 Å². The maximum absolute atomic E-state index is 5.40. The van der Waals surface area contributed by atoms with Gasteiger partial charge in [0.25, 0.3) is 0 Å². The smallest absolute Gasteiger partial charge is 0.0700 e. The van der Waals surface area contributed by atoms with E-state index in [1.54, 1.807) is 7.11 Å². The van der Waals surface area contributed by atoms with Crippen LogP contribution in [0.1, 0.15) is 25.3 Å². The first-order valence-corrected chi connectivity index (χ1v) is 6.76. The number of anilines is 1. The molecule has 0 saturated carbocycles. The molecule has 1 aromatic carbocycles. The Morgan fingerprint density at radius 2 is 1.83 bits per heavy atom. The summed E-state index contributed by atoms with van der Waals surface area (Å²) in [4.78, 5) is 0. The maximum atomic E-state index is 5.40. The van der Waals surface area contributed by atoms with Crippen molar-refractivity contribution < 1.29 is 9.47 Å². The van der Waals surface area contributed by atoms with Crippen LogP contribution in [0.3, 0.4) is 0 Å². The molecule has 0 amide bonds. The zero-order chi connectivity index (χ0) is 13.1. The second-order valence-corrected chi connectivity index (χ2v) is 4.33. The largest absolute Gasteiger partial charge is 0.385 e. The zero-order valence-corrected chi connectivity index (χ0v) is 11.6. The first-order chi connectivity index (χ1) is 8.86. The highest BCUT2D eigenvalue weighted by atomic mass is 16.5. The van der Waals surface area contributed by atoms with Crippen molar-refractivity contribution in [2.75, 3.05) is 38.8 Å². The van der Waals surface area contributed by atoms with Crippen molar-refractivity contribution in [1.29, 1.82) is 0 Å². The van der Waals surface area contributed by atoms with Gasteiger partial charge in [0, 0.05) is 25.9 Å². The summed E-state index contributed by atoms with van der Waals surface area (Å²) in [7, 11) is 1.69. The Morgan fingerprint density at radius 3 is 2.50 bits per heavy atom. The number of aryl methyl sites for hydroxylation is 1. The molecule has 0 fully saturated rings. The molecule has 0 aromatic heterocycles. The number of ether oxygens (including phenoxy) is 2. The highest BCUT2D eigenvalue weighted by molar-refractivity contribution is 5.44. The summed E-state index contributed by atoms with van der Waals surface area (Å²) in [6.07, 6.45) is 3.37. The molecule has 0 aliphatic rings. The third-order valence-corrected chi connectivity index (χ3v) is 2.72. The van der Waals surface area contributed by atoms with E-state index in [1.165, 1.54) is 17.7 Å². The monoisotopic (exact) mass is 251 g/mol. The average molecular weight is 251 g/mol. The van der Waals surface area contributed by atoms with Crippen LogP contribution >= 0.6 is 0 Å². The summed E-state index contributed by atoms with van der Waals surface area (Å²) in [6, 6.07) is 8.69. The second kappa shape index (κ2) is 9.92. The fraction of sp³-hybridized carbons (Fsp3) is 0.600. The van der Waals surface area contributed by atoms with Crippen molar-refractivity contribution in [3.63, 3.8) is 0 Å². The van der Waals surface area contributed by atoms with Crippen molar-refractivity contribution in [2.45, 2.75) is 26.2 Å². The van der Waals surface area contributed by atoms with Gasteiger partial charge < -0.3 is 14.8 Å². The van der Waals surface area contributed by atoms with E-state index in [4.69, 9.17) is 9.47 Å². The summed E-state index contributed by atoms with van der Waals surface area (Å²) in [5.41, 5.74) is 2.60. The number of nitrogens with one attached hydrogen (secondary N) is 1. The first kappa shape index (κ1) is 15.0. The van der Waals surface area contributed by atoms with Crippen molar-refractivity contribution in [2.24, 2.45) is 0 Å². The van der Waals surface area contributed by atoms with Gasteiger partial charge in [0.15, 0.2) is 0 Å². The van der Waals surface area contributed by atoms with Crippen LogP contribution in [0.4, 0.5) is 5.69 Å². The molecule has 102 valence electrons. The van der Waals surface area contributed by atoms with E-state index in [9.17, 15) is 0 Å². The topological polar surface area (TPSA) is 30.5 Å². The fourth-order valence-corrected chi connectivity index (χ4v) is 1.73. The fourth-order valence-electron chi connectivity index (χ4n) is 1.73. The van der Waals surface area contributed by atoms with Gasteiger partial charge in [-0.25, -0.2) is 0 Å². The molecule has 1 aromatic rings. The van der Waals surface area contributed by atoms with Gasteiger partial charge in [-0.1, -0.05) is 25.5 Å². The molecule has 0 spiro atoms. The predicted octanol–water partition coefficient (Wildman–Crippen LogP) is 3.10. The van der Waals surface area contributed by atoms with Gasteiger partial charge in [-0.2, -0.15) is 0 Å². The van der Waals surface area contributed by atoms with Crippen LogP contribution in [0.15, 0.2) is 24.3 Å². The third kappa shape index (κ3) is 6.62. The molecule has 1 rings (SSSR count). The van der Waals surface area contributed by atoms with Crippen molar-refractivity contribution in [1.82, 2.24) is 0 Å². The Hall–Kier alpha value is -1.06. The molecule has 3 nitrogen and oxygen atoms in total. The highest BCUT2D eigenvalue weighted by Crippen LogP contribution is 2.10. The summed E-state index contributed by atoms with van der Waals surface area (Å²) >= 11 is 0. The van der Waals surface area contributed by atoms with Gasteiger partial charge in [-0.05, 0) is 30.5 Å². The van der Waals surface area contributed by atoms with E-state index in [0.29, 0.717) is 13.2 Å². The molecule has 1 N–H and O–H groups in total. The Bertz CT molecular complexity index is 298. The minimum atomic E-state index is 0.673. The van der Waals surface area contributed by atoms with Crippen LogP contribution in [0, 0.1) is 0 Å². The lowest BCUT2D eigenvalue weighted by atomic mass is 10.1. The zero-order valence-electron chi connectivity index (χ0n) is 11.6. The molecule has 0 radical (unpaired) electrons. The molecular weight excluding hydrogens is 226 g/mol. The van der Waals surface area contributed by atoms with Gasteiger partial charge in [0.2, 0.25) is 0 Å². The molecule has 0 bridgehead atoms. The first-order valence-electron chi connectivity index (χ1n) is 6.76. The number of hydrogen-bond donors (Lipinski definition) is 1. The van der Waals surface area contributed by atoms with E-state index < -0.39 is 0 Å². The Labute approximate surface area is 110 Å². The van der Waals surface area contributed by atoms with Crippen LogP contribution < -0.4 is 5.32 Å². The molecular formula is C15H25NO2. The van der Waals surface area contributed by atoms with Gasteiger partial charge in [0.05, 0.1) is 13.2 Å². The van der Waals surface area contributed by atoms with Crippen LogP contribution in [0.2, 0.25) is 0 Å². The van der Waals surface area contributed by atoms with Gasteiger partial charge in [-0.15, -0.1) is 0 Å². The SMILES string of the molecule is CCCc1ccc(NCCCOCCOC)cc1. The number of methoxy groups -OCH3 is 1. The number of rotatable bonds is 10. The average Bonchev–Trinajstić information content (AvgIpc) is 2.40. The van der Waals surface area contributed by atoms with E-state index >= 15 is 0 Å². The molecule has 0 heterocycles. The quantitative estimate of drug-likeness (QED) is 0.648. The highest BCUT2D eigenvalue weighted by Gasteiger charge is 1.94. The summed E-state index contributed by atoms with van der Waals surface area (Å²) in [5, 5.41) is 3.39. The minimum absolute atomic E-state index is 0.673. The normalized spacial score (nSPS) is 10.6. The second-order valence-electron chi connectivity index (χ2n) is 4.33. The molecule has 0 unspecified atom stereocenters. The van der Waals surface area contributed by atoms with Crippen LogP contribution in [0.25, 0.3) is 0 Å². The van der Waals surface area contributed by atoms with Crippen LogP contribution in [0.5, 0.6) is 0 Å². The lowest BCUT2D eigenvalue weighted by Crippen LogP contribution is -2.08. The molecule has 0 atom stereocenters. The third-order valence-electron chi connectivity index (χ3n) is 2.72. The standard InChI is InChI=1S/C15H25NO2/c1-3-5-14-6-8-15(9-7-14)16-10-4-11-18-13-12-17-2/h6-9,16H,3-5,10-13H2,1-2H3. The van der Waals surface area contributed by atoms with Gasteiger partial charge >= 0.3 is 0 Å². The predicted molar refractivity (Wildman–Crippen MR) is 76.2 cm³/mol. The maximum Gasteiger partial charge on any atom is 0.0700 e. The van der Waals surface area contributed by atoms with Crippen molar-refractivity contribution in [3.8, 4) is 0 Å². The van der Waals surface area contributed by atoms with Gasteiger partial charge in [0.1, 0.15) is 0 Å². The lowest BCUT2D eigenvalue weighted by Gasteiger charge is -2.08. The lowest BCUT2D eigenvalue weighted by molar-refractivity contribution is 0.0705. The van der Waals surface area contributed by atoms with Crippen LogP contribution in [-0.4, -0.2) is 33.5 Å². The summed E-state index contributed by atoms with van der Waals surface area (Å²) in [6.45, 7) is 5.29. The minimum Gasteiger partial charge on any atom is -0.385 e. The van der Waals surface area contributed by atoms with E-state index in [0.717, 1.165) is 26.0 Å². The van der Waals surface area contributed by atoms with Crippen molar-refractivity contribution in [3.05, 3.63) is 29.8 Å². The Kier molecular flexibility index (Phi) is 8.26. The number of benzene rings is 1. The number of hydrogen-bond acceptors (Lipinski definition) is 3. The van der Waals surface area contributed by atoms with E-state index in [1.807, 2.05) is 0 Å². The summed E-state index contributed by atoms with van der Waals surface area (Å²) in [5.74, 6) is 0.